The fourth-order valence-electron chi connectivity index (χ4n) is 2.44. The fraction of sp³-hybridized carbons (Fsp3) is 0.400. The lowest BCUT2D eigenvalue weighted by atomic mass is 9.93. The number of esters is 1. The maximum absolute atomic E-state index is 12.3. The predicted octanol–water partition coefficient (Wildman–Crippen LogP) is 2.91. The molecule has 0 spiro atoms. The molecule has 0 amide bonds. The molecule has 1 aliphatic rings. The molecular weight excluding hydrogens is 315 g/mol. The van der Waals surface area contributed by atoms with E-state index in [9.17, 15) is 23.1 Å². The van der Waals surface area contributed by atoms with Gasteiger partial charge < -0.3 is 19.5 Å². The summed E-state index contributed by atoms with van der Waals surface area (Å²) in [6.45, 7) is 3.37. The summed E-state index contributed by atoms with van der Waals surface area (Å²) in [7, 11) is 1.64. The second-order valence-electron chi connectivity index (χ2n) is 4.95. The second kappa shape index (κ2) is 6.11. The lowest BCUT2D eigenvalue weighted by Crippen LogP contribution is -2.29. The monoisotopic (exact) mass is 331 g/mol. The van der Waals surface area contributed by atoms with Crippen LogP contribution in [0.3, 0.4) is 0 Å². The quantitative estimate of drug-likeness (QED) is 0.863. The Morgan fingerprint density at radius 3 is 2.61 bits per heavy atom. The van der Waals surface area contributed by atoms with E-state index in [1.807, 2.05) is 0 Å². The van der Waals surface area contributed by atoms with E-state index in [0.29, 0.717) is 11.4 Å². The second-order valence-corrected chi connectivity index (χ2v) is 4.95. The van der Waals surface area contributed by atoms with Crippen LogP contribution in [-0.4, -0.2) is 31.1 Å². The maximum Gasteiger partial charge on any atom is 0.573 e. The van der Waals surface area contributed by atoms with Gasteiger partial charge in [-0.1, -0.05) is 0 Å². The summed E-state index contributed by atoms with van der Waals surface area (Å²) in [5.74, 6) is -1.18. The van der Waals surface area contributed by atoms with Crippen molar-refractivity contribution in [3.05, 3.63) is 35.0 Å². The summed E-state index contributed by atoms with van der Waals surface area (Å²) >= 11 is 0. The number of halogens is 3. The van der Waals surface area contributed by atoms with Crippen molar-refractivity contribution >= 4 is 11.7 Å². The first-order chi connectivity index (χ1) is 10.7. The minimum absolute atomic E-state index is 0.00833. The van der Waals surface area contributed by atoms with Gasteiger partial charge in [-0.15, -0.1) is 13.2 Å². The van der Waals surface area contributed by atoms with Gasteiger partial charge in [0.05, 0.1) is 12.2 Å². The molecule has 0 aromatic heterocycles. The van der Waals surface area contributed by atoms with E-state index in [0.717, 1.165) is 12.1 Å². The molecule has 5 nitrogen and oxygen atoms in total. The van der Waals surface area contributed by atoms with E-state index in [1.165, 1.54) is 6.07 Å². The summed E-state index contributed by atoms with van der Waals surface area (Å²) in [5.41, 5.74) is 1.08. The van der Waals surface area contributed by atoms with Crippen LogP contribution in [0.1, 0.15) is 25.5 Å². The molecule has 8 heteroatoms. The average molecular weight is 331 g/mol. The van der Waals surface area contributed by atoms with Crippen LogP contribution in [0.2, 0.25) is 0 Å². The Labute approximate surface area is 130 Å². The van der Waals surface area contributed by atoms with Crippen molar-refractivity contribution in [2.75, 3.05) is 18.6 Å². The highest BCUT2D eigenvalue weighted by molar-refractivity contribution is 5.93. The number of nitrogens with zero attached hydrogens (tertiary/aromatic N) is 1. The van der Waals surface area contributed by atoms with Gasteiger partial charge in [0.15, 0.2) is 0 Å². The van der Waals surface area contributed by atoms with Crippen molar-refractivity contribution in [1.82, 2.24) is 0 Å². The fourth-order valence-corrected chi connectivity index (χ4v) is 2.44. The van der Waals surface area contributed by atoms with Crippen LogP contribution in [0.5, 0.6) is 5.75 Å². The Morgan fingerprint density at radius 1 is 1.39 bits per heavy atom. The number of allylic oxidation sites excluding steroid dienone is 1. The minimum atomic E-state index is -4.84. The highest BCUT2D eigenvalue weighted by Gasteiger charge is 2.35. The van der Waals surface area contributed by atoms with Crippen LogP contribution in [0.4, 0.5) is 18.9 Å². The van der Waals surface area contributed by atoms with Gasteiger partial charge in [0, 0.05) is 24.0 Å². The van der Waals surface area contributed by atoms with Crippen LogP contribution in [-0.2, 0) is 9.53 Å². The minimum Gasteiger partial charge on any atom is -0.462 e. The van der Waals surface area contributed by atoms with Crippen LogP contribution in [0.15, 0.2) is 29.5 Å². The van der Waals surface area contributed by atoms with Gasteiger partial charge in [0.1, 0.15) is 11.9 Å². The number of hydrogen-bond acceptors (Lipinski definition) is 5. The Bertz CT molecular complexity index is 655. The standard InChI is InChI=1S/C15H16F3NO4/c1-4-22-14(21)12-8(2)19(3)11-6-5-9(23-15(16,17)18)7-10(11)13(12)20/h5-7,13,20H,4H2,1-3H3. The molecular formula is C15H16F3NO4. The zero-order valence-corrected chi connectivity index (χ0v) is 12.8. The lowest BCUT2D eigenvalue weighted by molar-refractivity contribution is -0.274. The van der Waals surface area contributed by atoms with Crippen LogP contribution < -0.4 is 9.64 Å². The van der Waals surface area contributed by atoms with Crippen molar-refractivity contribution in [2.24, 2.45) is 0 Å². The van der Waals surface area contributed by atoms with Gasteiger partial charge >= 0.3 is 12.3 Å². The molecule has 126 valence electrons. The lowest BCUT2D eigenvalue weighted by Gasteiger charge is -2.33. The molecule has 1 aromatic carbocycles. The number of carbonyl (C=O) groups excluding carboxylic acids is 1. The molecule has 1 N–H and O–H groups in total. The SMILES string of the molecule is CCOC(=O)C1=C(C)N(C)c2ccc(OC(F)(F)F)cc2C1O. The summed E-state index contributed by atoms with van der Waals surface area (Å²) in [6, 6.07) is 3.61. The van der Waals surface area contributed by atoms with Crippen molar-refractivity contribution in [3.8, 4) is 5.75 Å². The summed E-state index contributed by atoms with van der Waals surface area (Å²) in [6.07, 6.45) is -6.23. The van der Waals surface area contributed by atoms with E-state index >= 15 is 0 Å². The van der Waals surface area contributed by atoms with Crippen LogP contribution in [0.25, 0.3) is 0 Å². The van der Waals surface area contributed by atoms with Gasteiger partial charge in [0.2, 0.25) is 0 Å². The highest BCUT2D eigenvalue weighted by Crippen LogP contribution is 2.41. The molecule has 1 aliphatic heterocycles. The summed E-state index contributed by atoms with van der Waals surface area (Å²) in [5, 5.41) is 10.4. The Morgan fingerprint density at radius 2 is 2.04 bits per heavy atom. The number of ether oxygens (including phenoxy) is 2. The molecule has 0 bridgehead atoms. The van der Waals surface area contributed by atoms with E-state index in [4.69, 9.17) is 4.74 Å². The van der Waals surface area contributed by atoms with E-state index < -0.39 is 24.2 Å². The van der Waals surface area contributed by atoms with Gasteiger partial charge in [-0.2, -0.15) is 0 Å². The molecule has 1 atom stereocenters. The third-order valence-electron chi connectivity index (χ3n) is 3.55. The first kappa shape index (κ1) is 17.1. The number of rotatable bonds is 3. The summed E-state index contributed by atoms with van der Waals surface area (Å²) in [4.78, 5) is 13.6. The van der Waals surface area contributed by atoms with Crippen LogP contribution >= 0.6 is 0 Å². The molecule has 0 saturated heterocycles. The Hall–Kier alpha value is -2.22. The number of carbonyl (C=O) groups is 1. The third kappa shape index (κ3) is 3.42. The molecule has 0 aliphatic carbocycles. The number of alkyl halides is 3. The Kier molecular flexibility index (Phi) is 4.56. The zero-order valence-electron chi connectivity index (χ0n) is 12.8. The number of aliphatic hydroxyl groups is 1. The zero-order chi connectivity index (χ0) is 17.4. The van der Waals surface area contributed by atoms with E-state index in [1.54, 1.807) is 25.8 Å². The topological polar surface area (TPSA) is 59.0 Å². The molecule has 2 rings (SSSR count). The number of hydrogen-bond donors (Lipinski definition) is 1. The third-order valence-corrected chi connectivity index (χ3v) is 3.55. The van der Waals surface area contributed by atoms with Gasteiger partial charge in [0.25, 0.3) is 0 Å². The number of aliphatic hydroxyl groups excluding tert-OH is 1. The van der Waals surface area contributed by atoms with E-state index in [2.05, 4.69) is 4.74 Å². The van der Waals surface area contributed by atoms with Gasteiger partial charge in [-0.3, -0.25) is 0 Å². The van der Waals surface area contributed by atoms with Gasteiger partial charge in [-0.25, -0.2) is 4.79 Å². The number of anilines is 1. The normalized spacial score (nSPS) is 17.9. The highest BCUT2D eigenvalue weighted by atomic mass is 19.4. The van der Waals surface area contributed by atoms with Crippen molar-refractivity contribution < 1.29 is 32.5 Å². The molecule has 0 saturated carbocycles. The van der Waals surface area contributed by atoms with Crippen LogP contribution in [0, 0.1) is 0 Å². The number of benzene rings is 1. The van der Waals surface area contributed by atoms with Crippen molar-refractivity contribution in [1.29, 1.82) is 0 Å². The number of fused-ring (bicyclic) bond motifs is 1. The van der Waals surface area contributed by atoms with Gasteiger partial charge in [-0.05, 0) is 32.0 Å². The molecule has 1 heterocycles. The molecule has 1 unspecified atom stereocenters. The molecule has 0 fully saturated rings. The van der Waals surface area contributed by atoms with Crippen molar-refractivity contribution in [3.63, 3.8) is 0 Å². The predicted molar refractivity (Wildman–Crippen MR) is 75.8 cm³/mol. The van der Waals surface area contributed by atoms with E-state index in [-0.39, 0.29) is 17.7 Å². The smallest absolute Gasteiger partial charge is 0.462 e. The molecule has 23 heavy (non-hydrogen) atoms. The molecule has 0 radical (unpaired) electrons. The molecule has 1 aromatic rings. The first-order valence-corrected chi connectivity index (χ1v) is 6.85. The largest absolute Gasteiger partial charge is 0.573 e. The first-order valence-electron chi connectivity index (χ1n) is 6.85. The average Bonchev–Trinajstić information content (AvgIpc) is 2.44. The maximum atomic E-state index is 12.3. The van der Waals surface area contributed by atoms with Crippen molar-refractivity contribution in [2.45, 2.75) is 26.3 Å². The Balaban J connectivity index is 2.45. The summed E-state index contributed by atoms with van der Waals surface area (Å²) < 4.78 is 45.8.